The predicted octanol–water partition coefficient (Wildman–Crippen LogP) is 4.33. The van der Waals surface area contributed by atoms with Crippen molar-refractivity contribution in [3.8, 4) is 5.75 Å². The maximum atomic E-state index is 13.1. The molecule has 2 aromatic carbocycles. The van der Waals surface area contributed by atoms with Gasteiger partial charge in [0.25, 0.3) is 5.91 Å². The first-order valence-corrected chi connectivity index (χ1v) is 10.5. The number of nitrogens with zero attached hydrogens (tertiary/aromatic N) is 1. The van der Waals surface area contributed by atoms with Crippen molar-refractivity contribution < 1.29 is 18.7 Å². The van der Waals surface area contributed by atoms with Crippen LogP contribution in [-0.4, -0.2) is 35.4 Å². The molecule has 0 heterocycles. The van der Waals surface area contributed by atoms with E-state index in [-0.39, 0.29) is 36.8 Å². The van der Waals surface area contributed by atoms with E-state index in [4.69, 9.17) is 16.3 Å². The molecule has 1 aliphatic rings. The van der Waals surface area contributed by atoms with E-state index in [0.29, 0.717) is 10.8 Å². The van der Waals surface area contributed by atoms with Crippen molar-refractivity contribution in [2.45, 2.75) is 51.2 Å². The third kappa shape index (κ3) is 5.95. The Morgan fingerprint density at radius 1 is 1.17 bits per heavy atom. The minimum Gasteiger partial charge on any atom is -0.484 e. The molecule has 1 unspecified atom stereocenters. The van der Waals surface area contributed by atoms with Crippen LogP contribution in [0.1, 0.15) is 38.2 Å². The van der Waals surface area contributed by atoms with Crippen molar-refractivity contribution in [2.24, 2.45) is 0 Å². The molecule has 1 aliphatic carbocycles. The predicted molar refractivity (Wildman–Crippen MR) is 114 cm³/mol. The molecular weight excluding hydrogens is 407 g/mol. The van der Waals surface area contributed by atoms with Gasteiger partial charge in [-0.1, -0.05) is 42.6 Å². The molecular formula is C23H26ClFN2O3. The standard InChI is InChI=1S/C23H26ClFN2O3/c1-16(23(29)26-19-7-3-4-8-19)27(14-17-6-2-5-9-21(17)24)22(28)15-30-20-12-10-18(25)11-13-20/h2,5-6,9-13,16,19H,3-4,7-8,14-15H2,1H3,(H,26,29). The van der Waals surface area contributed by atoms with Crippen molar-refractivity contribution in [1.29, 1.82) is 0 Å². The molecule has 1 fully saturated rings. The van der Waals surface area contributed by atoms with Crippen molar-refractivity contribution in [2.75, 3.05) is 6.61 Å². The summed E-state index contributed by atoms with van der Waals surface area (Å²) in [7, 11) is 0. The first kappa shape index (κ1) is 22.1. The fourth-order valence-corrected chi connectivity index (χ4v) is 3.74. The van der Waals surface area contributed by atoms with Gasteiger partial charge in [0, 0.05) is 17.6 Å². The van der Waals surface area contributed by atoms with Crippen LogP contribution in [0.25, 0.3) is 0 Å². The normalized spacial score (nSPS) is 14.9. The first-order chi connectivity index (χ1) is 14.4. The van der Waals surface area contributed by atoms with Gasteiger partial charge in [0.05, 0.1) is 0 Å². The monoisotopic (exact) mass is 432 g/mol. The second-order valence-corrected chi connectivity index (χ2v) is 7.93. The van der Waals surface area contributed by atoms with Crippen molar-refractivity contribution in [3.05, 3.63) is 64.9 Å². The van der Waals surface area contributed by atoms with E-state index in [2.05, 4.69) is 5.32 Å². The van der Waals surface area contributed by atoms with Crippen LogP contribution >= 0.6 is 11.6 Å². The van der Waals surface area contributed by atoms with Crippen molar-refractivity contribution in [1.82, 2.24) is 10.2 Å². The zero-order valence-electron chi connectivity index (χ0n) is 16.9. The fraction of sp³-hybridized carbons (Fsp3) is 0.391. The van der Waals surface area contributed by atoms with Gasteiger partial charge in [-0.15, -0.1) is 0 Å². The van der Waals surface area contributed by atoms with E-state index in [9.17, 15) is 14.0 Å². The van der Waals surface area contributed by atoms with E-state index >= 15 is 0 Å². The molecule has 160 valence electrons. The average molecular weight is 433 g/mol. The smallest absolute Gasteiger partial charge is 0.261 e. The summed E-state index contributed by atoms with van der Waals surface area (Å²) in [5.74, 6) is -0.547. The number of amides is 2. The number of benzene rings is 2. The second kappa shape index (κ2) is 10.4. The molecule has 1 saturated carbocycles. The quantitative estimate of drug-likeness (QED) is 0.675. The van der Waals surface area contributed by atoms with Gasteiger partial charge in [0.15, 0.2) is 6.61 Å². The van der Waals surface area contributed by atoms with E-state index in [1.165, 1.54) is 29.2 Å². The number of rotatable bonds is 8. The summed E-state index contributed by atoms with van der Waals surface area (Å²) in [4.78, 5) is 27.3. The minimum absolute atomic E-state index is 0.160. The highest BCUT2D eigenvalue weighted by Gasteiger charge is 2.29. The number of ether oxygens (including phenoxy) is 1. The highest BCUT2D eigenvalue weighted by atomic mass is 35.5. The van der Waals surface area contributed by atoms with Crippen LogP contribution in [0.3, 0.4) is 0 Å². The lowest BCUT2D eigenvalue weighted by molar-refractivity contribution is -0.142. The van der Waals surface area contributed by atoms with Gasteiger partial charge in [-0.25, -0.2) is 4.39 Å². The summed E-state index contributed by atoms with van der Waals surface area (Å²) >= 11 is 6.28. The minimum atomic E-state index is -0.689. The molecule has 5 nitrogen and oxygen atoms in total. The van der Waals surface area contributed by atoms with E-state index in [1.807, 2.05) is 18.2 Å². The summed E-state index contributed by atoms with van der Waals surface area (Å²) in [5, 5.41) is 3.57. The number of hydrogen-bond donors (Lipinski definition) is 1. The van der Waals surface area contributed by atoms with Crippen LogP contribution in [0, 0.1) is 5.82 Å². The Kier molecular flexibility index (Phi) is 7.69. The Labute approximate surface area is 181 Å². The molecule has 0 spiro atoms. The largest absolute Gasteiger partial charge is 0.484 e. The molecule has 2 aromatic rings. The van der Waals surface area contributed by atoms with E-state index in [0.717, 1.165) is 31.2 Å². The summed E-state index contributed by atoms with van der Waals surface area (Å²) in [6.45, 7) is 1.62. The summed E-state index contributed by atoms with van der Waals surface area (Å²) in [5.41, 5.74) is 0.745. The molecule has 30 heavy (non-hydrogen) atoms. The zero-order valence-corrected chi connectivity index (χ0v) is 17.7. The van der Waals surface area contributed by atoms with Gasteiger partial charge in [-0.2, -0.15) is 0 Å². The Balaban J connectivity index is 1.71. The first-order valence-electron chi connectivity index (χ1n) is 10.2. The van der Waals surface area contributed by atoms with Gasteiger partial charge >= 0.3 is 0 Å². The number of carbonyl (C=O) groups is 2. The maximum absolute atomic E-state index is 13.1. The van der Waals surface area contributed by atoms with E-state index < -0.39 is 6.04 Å². The summed E-state index contributed by atoms with van der Waals surface area (Å²) in [6.07, 6.45) is 4.13. The van der Waals surface area contributed by atoms with Crippen LogP contribution in [-0.2, 0) is 16.1 Å². The van der Waals surface area contributed by atoms with Crippen LogP contribution in [0.4, 0.5) is 4.39 Å². The van der Waals surface area contributed by atoms with Crippen LogP contribution < -0.4 is 10.1 Å². The second-order valence-electron chi connectivity index (χ2n) is 7.52. The van der Waals surface area contributed by atoms with Crippen LogP contribution in [0.2, 0.25) is 5.02 Å². The molecule has 0 radical (unpaired) electrons. The van der Waals surface area contributed by atoms with Crippen LogP contribution in [0.15, 0.2) is 48.5 Å². The Morgan fingerprint density at radius 3 is 2.50 bits per heavy atom. The molecule has 0 aromatic heterocycles. The molecule has 1 N–H and O–H groups in total. The average Bonchev–Trinajstić information content (AvgIpc) is 3.25. The fourth-order valence-electron chi connectivity index (χ4n) is 3.54. The van der Waals surface area contributed by atoms with Crippen molar-refractivity contribution in [3.63, 3.8) is 0 Å². The molecule has 2 amide bonds. The molecule has 0 aliphatic heterocycles. The lowest BCUT2D eigenvalue weighted by Crippen LogP contribution is -2.50. The SMILES string of the molecule is CC(C(=O)NC1CCCC1)N(Cc1ccccc1Cl)C(=O)COc1ccc(F)cc1. The van der Waals surface area contributed by atoms with Gasteiger partial charge in [-0.05, 0) is 55.7 Å². The van der Waals surface area contributed by atoms with Crippen molar-refractivity contribution >= 4 is 23.4 Å². The topological polar surface area (TPSA) is 58.6 Å². The maximum Gasteiger partial charge on any atom is 0.261 e. The lowest BCUT2D eigenvalue weighted by Gasteiger charge is -2.30. The number of carbonyl (C=O) groups excluding carboxylic acids is 2. The van der Waals surface area contributed by atoms with Gasteiger partial charge < -0.3 is 15.0 Å². The number of nitrogens with one attached hydrogen (secondary N) is 1. The zero-order chi connectivity index (χ0) is 21.5. The van der Waals surface area contributed by atoms with Gasteiger partial charge in [0.2, 0.25) is 5.91 Å². The number of hydrogen-bond acceptors (Lipinski definition) is 3. The van der Waals surface area contributed by atoms with Gasteiger partial charge in [-0.3, -0.25) is 9.59 Å². The summed E-state index contributed by atoms with van der Waals surface area (Å²) in [6, 6.07) is 12.1. The molecule has 3 rings (SSSR count). The Morgan fingerprint density at radius 2 is 1.83 bits per heavy atom. The van der Waals surface area contributed by atoms with Crippen LogP contribution in [0.5, 0.6) is 5.75 Å². The lowest BCUT2D eigenvalue weighted by atomic mass is 10.1. The number of halogens is 2. The molecule has 7 heteroatoms. The molecule has 0 saturated heterocycles. The molecule has 1 atom stereocenters. The third-order valence-electron chi connectivity index (χ3n) is 5.34. The Hall–Kier alpha value is -2.60. The van der Waals surface area contributed by atoms with Gasteiger partial charge in [0.1, 0.15) is 17.6 Å². The Bertz CT molecular complexity index is 869. The highest BCUT2D eigenvalue weighted by molar-refractivity contribution is 6.31. The van der Waals surface area contributed by atoms with E-state index in [1.54, 1.807) is 13.0 Å². The third-order valence-corrected chi connectivity index (χ3v) is 5.71. The summed E-state index contributed by atoms with van der Waals surface area (Å²) < 4.78 is 18.6. The molecule has 0 bridgehead atoms. The highest BCUT2D eigenvalue weighted by Crippen LogP contribution is 2.21.